The van der Waals surface area contributed by atoms with E-state index in [1.165, 1.54) is 5.56 Å². The van der Waals surface area contributed by atoms with E-state index in [1.807, 2.05) is 44.2 Å². The molecule has 0 bridgehead atoms. The molecule has 0 radical (unpaired) electrons. The molecule has 3 rings (SSSR count). The summed E-state index contributed by atoms with van der Waals surface area (Å²) in [5.41, 5.74) is 11.4. The maximum Gasteiger partial charge on any atom is 0.252 e. The number of aryl methyl sites for hydroxylation is 2. The lowest BCUT2D eigenvalue weighted by Gasteiger charge is -2.19. The third-order valence-electron chi connectivity index (χ3n) is 4.19. The first-order valence-corrected chi connectivity index (χ1v) is 7.28. The van der Waals surface area contributed by atoms with E-state index in [2.05, 4.69) is 17.4 Å². The Morgan fingerprint density at radius 3 is 2.71 bits per heavy atom. The van der Waals surface area contributed by atoms with Crippen molar-refractivity contribution in [3.05, 3.63) is 70.3 Å². The van der Waals surface area contributed by atoms with Gasteiger partial charge in [-0.15, -0.1) is 0 Å². The van der Waals surface area contributed by atoms with E-state index in [4.69, 9.17) is 5.73 Å². The Hall–Kier alpha value is -2.13. The second-order valence-electron chi connectivity index (χ2n) is 5.84. The van der Waals surface area contributed by atoms with E-state index < -0.39 is 0 Å². The molecule has 0 saturated carbocycles. The van der Waals surface area contributed by atoms with Crippen LogP contribution in [0.4, 0.5) is 0 Å². The van der Waals surface area contributed by atoms with Crippen molar-refractivity contribution in [1.82, 2.24) is 5.32 Å². The quantitative estimate of drug-likeness (QED) is 0.888. The SMILES string of the molecule is Cc1ccc(C(=O)NC2c3ccccc3CC2N)c(C)c1. The molecular weight excluding hydrogens is 260 g/mol. The highest BCUT2D eigenvalue weighted by Gasteiger charge is 2.31. The number of fused-ring (bicyclic) bond motifs is 1. The Balaban J connectivity index is 1.85. The lowest BCUT2D eigenvalue weighted by Crippen LogP contribution is -2.38. The topological polar surface area (TPSA) is 55.1 Å². The zero-order valence-corrected chi connectivity index (χ0v) is 12.4. The van der Waals surface area contributed by atoms with E-state index >= 15 is 0 Å². The number of rotatable bonds is 2. The molecule has 0 saturated heterocycles. The molecule has 0 aromatic heterocycles. The van der Waals surface area contributed by atoms with Crippen LogP contribution < -0.4 is 11.1 Å². The Morgan fingerprint density at radius 2 is 1.95 bits per heavy atom. The normalized spacial score (nSPS) is 20.1. The van der Waals surface area contributed by atoms with Crippen molar-refractivity contribution < 1.29 is 4.79 Å². The van der Waals surface area contributed by atoms with E-state index in [1.54, 1.807) is 0 Å². The molecular formula is C18H20N2O. The summed E-state index contributed by atoms with van der Waals surface area (Å²) in [4.78, 5) is 12.5. The molecule has 1 aliphatic carbocycles. The van der Waals surface area contributed by atoms with Gasteiger partial charge in [0.15, 0.2) is 0 Å². The minimum absolute atomic E-state index is 0.0512. The van der Waals surface area contributed by atoms with Crippen molar-refractivity contribution in [2.24, 2.45) is 5.73 Å². The van der Waals surface area contributed by atoms with Crippen LogP contribution in [0.2, 0.25) is 0 Å². The first-order chi connectivity index (χ1) is 10.1. The number of nitrogens with two attached hydrogens (primary N) is 1. The van der Waals surface area contributed by atoms with Gasteiger partial charge < -0.3 is 11.1 Å². The molecule has 0 spiro atoms. The standard InChI is InChI=1S/C18H20N2O/c1-11-7-8-14(12(2)9-11)18(21)20-17-15-6-4-3-5-13(15)10-16(17)19/h3-9,16-17H,10,19H2,1-2H3,(H,20,21). The Labute approximate surface area is 125 Å². The lowest BCUT2D eigenvalue weighted by atomic mass is 10.0. The van der Waals surface area contributed by atoms with Gasteiger partial charge in [0.05, 0.1) is 6.04 Å². The Morgan fingerprint density at radius 1 is 1.19 bits per heavy atom. The van der Waals surface area contributed by atoms with Gasteiger partial charge in [-0.05, 0) is 43.0 Å². The van der Waals surface area contributed by atoms with Crippen molar-refractivity contribution >= 4 is 5.91 Å². The molecule has 0 aliphatic heterocycles. The van der Waals surface area contributed by atoms with Crippen molar-refractivity contribution in [1.29, 1.82) is 0 Å². The smallest absolute Gasteiger partial charge is 0.252 e. The van der Waals surface area contributed by atoms with Gasteiger partial charge in [-0.1, -0.05) is 42.0 Å². The van der Waals surface area contributed by atoms with Crippen molar-refractivity contribution in [2.45, 2.75) is 32.4 Å². The maximum atomic E-state index is 12.5. The number of nitrogens with one attached hydrogen (secondary N) is 1. The number of amides is 1. The largest absolute Gasteiger partial charge is 0.344 e. The van der Waals surface area contributed by atoms with Gasteiger partial charge >= 0.3 is 0 Å². The average molecular weight is 280 g/mol. The summed E-state index contributed by atoms with van der Waals surface area (Å²) in [6, 6.07) is 13.8. The molecule has 2 aromatic rings. The number of carbonyl (C=O) groups is 1. The highest BCUT2D eigenvalue weighted by Crippen LogP contribution is 2.30. The number of hydrogen-bond acceptors (Lipinski definition) is 2. The third-order valence-corrected chi connectivity index (χ3v) is 4.19. The van der Waals surface area contributed by atoms with E-state index in [9.17, 15) is 4.79 Å². The van der Waals surface area contributed by atoms with E-state index in [0.717, 1.165) is 28.7 Å². The first kappa shape index (κ1) is 13.8. The van der Waals surface area contributed by atoms with Crippen LogP contribution in [0.15, 0.2) is 42.5 Å². The number of benzene rings is 2. The summed E-state index contributed by atoms with van der Waals surface area (Å²) in [6.07, 6.45) is 0.813. The monoisotopic (exact) mass is 280 g/mol. The van der Waals surface area contributed by atoms with Gasteiger partial charge in [0.25, 0.3) is 5.91 Å². The third kappa shape index (κ3) is 2.57. The zero-order chi connectivity index (χ0) is 15.0. The molecule has 1 aliphatic rings. The molecule has 0 heterocycles. The number of hydrogen-bond donors (Lipinski definition) is 2. The van der Waals surface area contributed by atoms with E-state index in [-0.39, 0.29) is 18.0 Å². The predicted molar refractivity (Wildman–Crippen MR) is 84.2 cm³/mol. The van der Waals surface area contributed by atoms with Crippen molar-refractivity contribution in [3.8, 4) is 0 Å². The summed E-state index contributed by atoms with van der Waals surface area (Å²) in [5, 5.41) is 3.10. The van der Waals surface area contributed by atoms with Crippen LogP contribution in [0, 0.1) is 13.8 Å². The predicted octanol–water partition coefficient (Wildman–Crippen LogP) is 2.66. The average Bonchev–Trinajstić information content (AvgIpc) is 2.75. The molecule has 3 N–H and O–H groups in total. The fourth-order valence-electron chi connectivity index (χ4n) is 3.10. The van der Waals surface area contributed by atoms with Gasteiger partial charge in [0.2, 0.25) is 0 Å². The van der Waals surface area contributed by atoms with Gasteiger partial charge in [-0.3, -0.25) is 4.79 Å². The second kappa shape index (κ2) is 5.34. The van der Waals surface area contributed by atoms with Gasteiger partial charge in [-0.25, -0.2) is 0 Å². The molecule has 2 atom stereocenters. The van der Waals surface area contributed by atoms with E-state index in [0.29, 0.717) is 0 Å². The molecule has 2 aromatic carbocycles. The summed E-state index contributed by atoms with van der Waals surface area (Å²) in [7, 11) is 0. The van der Waals surface area contributed by atoms with Crippen molar-refractivity contribution in [3.63, 3.8) is 0 Å². The molecule has 3 nitrogen and oxygen atoms in total. The van der Waals surface area contributed by atoms with Gasteiger partial charge in [0, 0.05) is 11.6 Å². The van der Waals surface area contributed by atoms with Crippen LogP contribution in [-0.2, 0) is 6.42 Å². The molecule has 3 heteroatoms. The highest BCUT2D eigenvalue weighted by atomic mass is 16.1. The fourth-order valence-corrected chi connectivity index (χ4v) is 3.10. The summed E-state index contributed by atoms with van der Waals surface area (Å²) in [6.45, 7) is 3.99. The zero-order valence-electron chi connectivity index (χ0n) is 12.4. The summed E-state index contributed by atoms with van der Waals surface area (Å²) < 4.78 is 0. The maximum absolute atomic E-state index is 12.5. The van der Waals surface area contributed by atoms with Crippen LogP contribution in [0.3, 0.4) is 0 Å². The summed E-state index contributed by atoms with van der Waals surface area (Å²) >= 11 is 0. The molecule has 1 amide bonds. The van der Waals surface area contributed by atoms with Gasteiger partial charge in [-0.2, -0.15) is 0 Å². The fraction of sp³-hybridized carbons (Fsp3) is 0.278. The highest BCUT2D eigenvalue weighted by molar-refractivity contribution is 5.96. The molecule has 0 fully saturated rings. The van der Waals surface area contributed by atoms with Crippen LogP contribution in [-0.4, -0.2) is 11.9 Å². The lowest BCUT2D eigenvalue weighted by molar-refractivity contribution is 0.0932. The summed E-state index contributed by atoms with van der Waals surface area (Å²) in [5.74, 6) is -0.0512. The van der Waals surface area contributed by atoms with Crippen LogP contribution >= 0.6 is 0 Å². The van der Waals surface area contributed by atoms with Crippen LogP contribution in [0.25, 0.3) is 0 Å². The first-order valence-electron chi connectivity index (χ1n) is 7.28. The van der Waals surface area contributed by atoms with Crippen LogP contribution in [0.1, 0.15) is 38.7 Å². The minimum atomic E-state index is -0.102. The molecule has 2 unspecified atom stereocenters. The molecule has 21 heavy (non-hydrogen) atoms. The molecule has 108 valence electrons. The Kier molecular flexibility index (Phi) is 3.52. The Bertz CT molecular complexity index is 693. The minimum Gasteiger partial charge on any atom is -0.344 e. The van der Waals surface area contributed by atoms with Crippen molar-refractivity contribution in [2.75, 3.05) is 0 Å². The number of carbonyl (C=O) groups excluding carboxylic acids is 1. The van der Waals surface area contributed by atoms with Crippen LogP contribution in [0.5, 0.6) is 0 Å². The second-order valence-corrected chi connectivity index (χ2v) is 5.84. The van der Waals surface area contributed by atoms with Gasteiger partial charge in [0.1, 0.15) is 0 Å².